The fraction of sp³-hybridized carbons (Fsp3) is 0.280. The van der Waals surface area contributed by atoms with E-state index < -0.39 is 26.7 Å². The Morgan fingerprint density at radius 3 is 2.30 bits per heavy atom. The van der Waals surface area contributed by atoms with Crippen molar-refractivity contribution in [3.8, 4) is 6.07 Å². The summed E-state index contributed by atoms with van der Waals surface area (Å²) in [4.78, 5) is 8.13. The fourth-order valence-electron chi connectivity index (χ4n) is 4.23. The lowest BCUT2D eigenvalue weighted by Gasteiger charge is -2.37. The van der Waals surface area contributed by atoms with Gasteiger partial charge in [-0.3, -0.25) is 4.72 Å². The molecule has 0 spiro atoms. The molecule has 1 saturated heterocycles. The second-order valence-electron chi connectivity index (χ2n) is 8.59. The average molecular weight is 550 g/mol. The second-order valence-corrected chi connectivity index (χ2v) is 10.7. The molecule has 0 radical (unpaired) electrons. The number of aromatic nitrogens is 1. The van der Waals surface area contributed by atoms with Crippen molar-refractivity contribution < 1.29 is 21.6 Å². The van der Waals surface area contributed by atoms with Gasteiger partial charge >= 0.3 is 6.18 Å². The number of hydrogen-bond acceptors (Lipinski definition) is 6. The largest absolute Gasteiger partial charge is 0.416 e. The van der Waals surface area contributed by atoms with Gasteiger partial charge in [0, 0.05) is 36.9 Å². The van der Waals surface area contributed by atoms with E-state index >= 15 is 0 Å². The SMILES string of the molecule is Cc1nc(N2CCN(c3cccc(Cl)c3)CC2)c(C#N)c(C)c1NS(=O)(=O)c1cccc(C(F)(F)F)c1. The van der Waals surface area contributed by atoms with E-state index in [9.17, 15) is 26.9 Å². The van der Waals surface area contributed by atoms with E-state index in [1.165, 1.54) is 0 Å². The molecule has 194 valence electrons. The van der Waals surface area contributed by atoms with Gasteiger partial charge in [0.25, 0.3) is 10.0 Å². The first kappa shape index (κ1) is 26.6. The number of aryl methyl sites for hydroxylation is 1. The Bertz CT molecular complexity index is 1480. The summed E-state index contributed by atoms with van der Waals surface area (Å²) < 4.78 is 67.5. The van der Waals surface area contributed by atoms with Crippen LogP contribution in [-0.4, -0.2) is 39.6 Å². The first-order chi connectivity index (χ1) is 17.4. The highest BCUT2D eigenvalue weighted by atomic mass is 35.5. The maximum atomic E-state index is 13.1. The van der Waals surface area contributed by atoms with Gasteiger partial charge in [-0.1, -0.05) is 23.7 Å². The summed E-state index contributed by atoms with van der Waals surface area (Å²) in [5.41, 5.74) is 0.829. The Morgan fingerprint density at radius 2 is 1.68 bits per heavy atom. The third-order valence-electron chi connectivity index (χ3n) is 6.18. The molecule has 0 aliphatic carbocycles. The molecule has 12 heteroatoms. The fourth-order valence-corrected chi connectivity index (χ4v) is 5.64. The zero-order valence-electron chi connectivity index (χ0n) is 20.0. The average Bonchev–Trinajstić information content (AvgIpc) is 2.86. The van der Waals surface area contributed by atoms with Gasteiger partial charge in [0.2, 0.25) is 0 Å². The van der Waals surface area contributed by atoms with Gasteiger partial charge in [-0.05, 0) is 55.8 Å². The van der Waals surface area contributed by atoms with Crippen LogP contribution < -0.4 is 14.5 Å². The minimum Gasteiger partial charge on any atom is -0.368 e. The molecule has 1 aliphatic rings. The Labute approximate surface area is 218 Å². The van der Waals surface area contributed by atoms with Crippen LogP contribution >= 0.6 is 11.6 Å². The van der Waals surface area contributed by atoms with E-state index in [2.05, 4.69) is 20.7 Å². The van der Waals surface area contributed by atoms with Crippen molar-refractivity contribution in [1.82, 2.24) is 4.98 Å². The summed E-state index contributed by atoms with van der Waals surface area (Å²) in [7, 11) is -4.38. The topological polar surface area (TPSA) is 89.3 Å². The van der Waals surface area contributed by atoms with Gasteiger partial charge in [0.05, 0.1) is 27.4 Å². The number of piperazine rings is 1. The van der Waals surface area contributed by atoms with Crippen molar-refractivity contribution in [2.24, 2.45) is 0 Å². The molecule has 7 nitrogen and oxygen atoms in total. The molecule has 1 fully saturated rings. The van der Waals surface area contributed by atoms with Crippen molar-refractivity contribution in [2.75, 3.05) is 40.7 Å². The Hall–Kier alpha value is -3.49. The standard InChI is InChI=1S/C25H23ClF3N5O2S/c1-16-22(15-30)24(34-11-9-33(10-12-34)20-7-4-6-19(26)14-20)31-17(2)23(16)32-37(35,36)21-8-3-5-18(13-21)25(27,28)29/h3-8,13-14,32H,9-12H2,1-2H3. The molecule has 0 amide bonds. The predicted octanol–water partition coefficient (Wildman–Crippen LogP) is 5.37. The van der Waals surface area contributed by atoms with E-state index in [0.29, 0.717) is 54.3 Å². The van der Waals surface area contributed by atoms with Crippen molar-refractivity contribution in [3.63, 3.8) is 0 Å². The Kier molecular flexibility index (Phi) is 7.26. The maximum absolute atomic E-state index is 13.1. The van der Waals surface area contributed by atoms with E-state index in [0.717, 1.165) is 23.9 Å². The molecule has 4 rings (SSSR count). The van der Waals surface area contributed by atoms with Gasteiger partial charge in [-0.2, -0.15) is 18.4 Å². The van der Waals surface area contributed by atoms with E-state index in [4.69, 9.17) is 11.6 Å². The third-order valence-corrected chi connectivity index (χ3v) is 7.76. The third kappa shape index (κ3) is 5.60. The predicted molar refractivity (Wildman–Crippen MR) is 137 cm³/mol. The highest BCUT2D eigenvalue weighted by Gasteiger charge is 2.32. The minimum atomic E-state index is -4.69. The molecule has 2 aromatic carbocycles. The maximum Gasteiger partial charge on any atom is 0.416 e. The van der Waals surface area contributed by atoms with Gasteiger partial charge in [0.1, 0.15) is 11.9 Å². The molecule has 2 heterocycles. The van der Waals surface area contributed by atoms with Crippen LogP contribution in [0.4, 0.5) is 30.4 Å². The number of sulfonamides is 1. The number of rotatable bonds is 5. The van der Waals surface area contributed by atoms with Crippen LogP contribution in [0.5, 0.6) is 0 Å². The molecule has 1 N–H and O–H groups in total. The van der Waals surface area contributed by atoms with Crippen LogP contribution in [0.1, 0.15) is 22.4 Å². The quantitative estimate of drug-likeness (QED) is 0.460. The number of nitrogens with one attached hydrogen (secondary N) is 1. The number of anilines is 3. The molecule has 0 bridgehead atoms. The molecular weight excluding hydrogens is 527 g/mol. The Balaban J connectivity index is 1.60. The summed E-state index contributed by atoms with van der Waals surface area (Å²) in [6.07, 6.45) is -4.69. The van der Waals surface area contributed by atoms with Crippen LogP contribution in [0.25, 0.3) is 0 Å². The molecule has 1 aliphatic heterocycles. The number of nitriles is 1. The van der Waals surface area contributed by atoms with Gasteiger partial charge in [0.15, 0.2) is 0 Å². The van der Waals surface area contributed by atoms with Crippen LogP contribution in [-0.2, 0) is 16.2 Å². The number of halogens is 4. The normalized spacial score (nSPS) is 14.4. The molecule has 1 aromatic heterocycles. The van der Waals surface area contributed by atoms with Crippen LogP contribution in [0.2, 0.25) is 5.02 Å². The highest BCUT2D eigenvalue weighted by Crippen LogP contribution is 2.34. The van der Waals surface area contributed by atoms with E-state index in [-0.39, 0.29) is 11.3 Å². The number of pyridine rings is 1. The van der Waals surface area contributed by atoms with Gasteiger partial charge in [-0.15, -0.1) is 0 Å². The number of benzene rings is 2. The smallest absolute Gasteiger partial charge is 0.368 e. The first-order valence-electron chi connectivity index (χ1n) is 11.3. The molecule has 0 unspecified atom stereocenters. The van der Waals surface area contributed by atoms with Crippen LogP contribution in [0.15, 0.2) is 53.4 Å². The molecule has 0 atom stereocenters. The summed E-state index contributed by atoms with van der Waals surface area (Å²) >= 11 is 6.11. The highest BCUT2D eigenvalue weighted by molar-refractivity contribution is 7.92. The number of alkyl halides is 3. The van der Waals surface area contributed by atoms with Crippen molar-refractivity contribution in [2.45, 2.75) is 24.9 Å². The summed E-state index contributed by atoms with van der Waals surface area (Å²) in [6, 6.07) is 13.1. The van der Waals surface area contributed by atoms with Crippen LogP contribution in [0, 0.1) is 25.2 Å². The molecule has 0 saturated carbocycles. The lowest BCUT2D eigenvalue weighted by molar-refractivity contribution is -0.137. The molecule has 3 aromatic rings. The van der Waals surface area contributed by atoms with Crippen molar-refractivity contribution in [1.29, 1.82) is 5.26 Å². The number of hydrogen-bond donors (Lipinski definition) is 1. The lowest BCUT2D eigenvalue weighted by atomic mass is 10.1. The Morgan fingerprint density at radius 1 is 1.03 bits per heavy atom. The molecular formula is C25H23ClF3N5O2S. The van der Waals surface area contributed by atoms with Gasteiger partial charge < -0.3 is 9.80 Å². The lowest BCUT2D eigenvalue weighted by Crippen LogP contribution is -2.47. The summed E-state index contributed by atoms with van der Waals surface area (Å²) in [6.45, 7) is 5.64. The molecule has 37 heavy (non-hydrogen) atoms. The van der Waals surface area contributed by atoms with E-state index in [1.807, 2.05) is 23.1 Å². The van der Waals surface area contributed by atoms with Crippen LogP contribution in [0.3, 0.4) is 0 Å². The van der Waals surface area contributed by atoms with Crippen molar-refractivity contribution >= 4 is 38.8 Å². The van der Waals surface area contributed by atoms with E-state index in [1.54, 1.807) is 19.9 Å². The zero-order chi connectivity index (χ0) is 27.0. The first-order valence-corrected chi connectivity index (χ1v) is 13.1. The summed E-state index contributed by atoms with van der Waals surface area (Å²) in [5, 5.41) is 10.5. The minimum absolute atomic E-state index is 0.0651. The van der Waals surface area contributed by atoms with Crippen molar-refractivity contribution in [3.05, 3.63) is 75.9 Å². The number of nitrogens with zero attached hydrogens (tertiary/aromatic N) is 4. The monoisotopic (exact) mass is 549 g/mol. The second kappa shape index (κ2) is 10.1. The van der Waals surface area contributed by atoms with Gasteiger partial charge in [-0.25, -0.2) is 13.4 Å². The summed E-state index contributed by atoms with van der Waals surface area (Å²) in [5.74, 6) is 0.435. The zero-order valence-corrected chi connectivity index (χ0v) is 21.5.